The van der Waals surface area contributed by atoms with Crippen LogP contribution in [0.3, 0.4) is 0 Å². The molecule has 1 heterocycles. The van der Waals surface area contributed by atoms with Crippen molar-refractivity contribution in [1.29, 1.82) is 0 Å². The van der Waals surface area contributed by atoms with Crippen LogP contribution in [0.5, 0.6) is 0 Å². The van der Waals surface area contributed by atoms with Crippen molar-refractivity contribution in [2.75, 3.05) is 6.61 Å². The zero-order valence-corrected chi connectivity index (χ0v) is 4.87. The van der Waals surface area contributed by atoms with Crippen molar-refractivity contribution in [2.45, 2.75) is 19.1 Å². The summed E-state index contributed by atoms with van der Waals surface area (Å²) >= 11 is 0. The Kier molecular flexibility index (Phi) is 1.65. The van der Waals surface area contributed by atoms with Crippen LogP contribution in [0.1, 0.15) is 6.92 Å². The van der Waals surface area contributed by atoms with Gasteiger partial charge < -0.3 is 9.84 Å². The van der Waals surface area contributed by atoms with E-state index in [0.29, 0.717) is 0 Å². The smallest absolute Gasteiger partial charge is 0.111 e. The third-order valence-corrected chi connectivity index (χ3v) is 1.18. The summed E-state index contributed by atoms with van der Waals surface area (Å²) in [6.45, 7) is 2.09. The monoisotopic (exact) mass is 114 g/mol. The van der Waals surface area contributed by atoms with Gasteiger partial charge in [-0.3, -0.25) is 0 Å². The van der Waals surface area contributed by atoms with E-state index in [0.717, 1.165) is 0 Å². The molecule has 0 aliphatic carbocycles. The van der Waals surface area contributed by atoms with Crippen LogP contribution >= 0.6 is 0 Å². The largest absolute Gasteiger partial charge is 0.394 e. The molecule has 0 amide bonds. The summed E-state index contributed by atoms with van der Waals surface area (Å²) < 4.78 is 4.97. The fraction of sp³-hybridized carbons (Fsp3) is 0.667. The molecule has 0 saturated carbocycles. The van der Waals surface area contributed by atoms with Crippen molar-refractivity contribution in [3.8, 4) is 0 Å². The van der Waals surface area contributed by atoms with Crippen LogP contribution in [0.4, 0.5) is 0 Å². The molecule has 0 aromatic rings. The number of ether oxygens (including phenoxy) is 1. The van der Waals surface area contributed by atoms with E-state index in [1.165, 1.54) is 0 Å². The van der Waals surface area contributed by atoms with Crippen molar-refractivity contribution in [3.05, 3.63) is 12.2 Å². The van der Waals surface area contributed by atoms with E-state index in [1.54, 1.807) is 0 Å². The normalized spacial score (nSPS) is 36.2. The maximum absolute atomic E-state index is 8.44. The Bertz CT molecular complexity index is 98.7. The van der Waals surface area contributed by atoms with Gasteiger partial charge in [-0.25, -0.2) is 0 Å². The summed E-state index contributed by atoms with van der Waals surface area (Å²) in [7, 11) is 0. The van der Waals surface area contributed by atoms with Gasteiger partial charge in [0.05, 0.1) is 6.61 Å². The fourth-order valence-electron chi connectivity index (χ4n) is 0.662. The van der Waals surface area contributed by atoms with E-state index in [1.807, 2.05) is 19.1 Å². The van der Waals surface area contributed by atoms with Crippen molar-refractivity contribution >= 4 is 0 Å². The molecule has 46 valence electrons. The van der Waals surface area contributed by atoms with Crippen LogP contribution < -0.4 is 0 Å². The molecule has 0 aromatic heterocycles. The fourth-order valence-corrected chi connectivity index (χ4v) is 0.662. The van der Waals surface area contributed by atoms with Crippen LogP contribution in [0.15, 0.2) is 12.2 Å². The number of hydrogen-bond donors (Lipinski definition) is 1. The van der Waals surface area contributed by atoms with Gasteiger partial charge in [0, 0.05) is 0 Å². The molecule has 0 bridgehead atoms. The van der Waals surface area contributed by atoms with Gasteiger partial charge in [0.2, 0.25) is 0 Å². The summed E-state index contributed by atoms with van der Waals surface area (Å²) in [5.74, 6) is 0. The Morgan fingerprint density at radius 1 is 1.75 bits per heavy atom. The lowest BCUT2D eigenvalue weighted by Gasteiger charge is -1.76. The minimum Gasteiger partial charge on any atom is -0.394 e. The first-order valence-electron chi connectivity index (χ1n) is 2.77. The van der Waals surface area contributed by atoms with Gasteiger partial charge >= 0.3 is 0 Å². The average Bonchev–Trinajstić information content (AvgIpc) is 2.48. The Hall–Kier alpha value is -0.340. The Morgan fingerprint density at radius 3 is 2.88 bits per heavy atom. The quantitative estimate of drug-likeness (QED) is 0.414. The number of allylic oxidation sites excluding steroid dienone is 1. The second kappa shape index (κ2) is 2.29. The zero-order chi connectivity index (χ0) is 5.98. The molecule has 0 spiro atoms. The van der Waals surface area contributed by atoms with Crippen LogP contribution in [-0.2, 0) is 4.74 Å². The number of epoxide rings is 1. The first-order valence-corrected chi connectivity index (χ1v) is 2.77. The first kappa shape index (κ1) is 5.79. The van der Waals surface area contributed by atoms with E-state index in [-0.39, 0.29) is 18.8 Å². The predicted molar refractivity (Wildman–Crippen MR) is 30.6 cm³/mol. The maximum atomic E-state index is 8.44. The minimum absolute atomic E-state index is 0.0891. The van der Waals surface area contributed by atoms with E-state index < -0.39 is 0 Å². The molecule has 2 heteroatoms. The van der Waals surface area contributed by atoms with Gasteiger partial charge in [-0.15, -0.1) is 0 Å². The number of aliphatic hydroxyl groups excluding tert-OH is 1. The number of aliphatic hydroxyl groups is 1. The zero-order valence-electron chi connectivity index (χ0n) is 4.87. The summed E-state index contributed by atoms with van der Waals surface area (Å²) in [5.41, 5.74) is 0. The second-order valence-electron chi connectivity index (χ2n) is 1.85. The number of hydrogen-bond acceptors (Lipinski definition) is 2. The highest BCUT2D eigenvalue weighted by molar-refractivity contribution is 5.00. The van der Waals surface area contributed by atoms with Crippen molar-refractivity contribution in [2.24, 2.45) is 0 Å². The van der Waals surface area contributed by atoms with Crippen LogP contribution in [0.25, 0.3) is 0 Å². The highest BCUT2D eigenvalue weighted by Crippen LogP contribution is 2.21. The molecule has 2 nitrogen and oxygen atoms in total. The van der Waals surface area contributed by atoms with Gasteiger partial charge in [0.1, 0.15) is 12.2 Å². The molecule has 1 saturated heterocycles. The molecule has 8 heavy (non-hydrogen) atoms. The van der Waals surface area contributed by atoms with Crippen molar-refractivity contribution < 1.29 is 9.84 Å². The van der Waals surface area contributed by atoms with Crippen LogP contribution in [0.2, 0.25) is 0 Å². The summed E-state index contributed by atoms with van der Waals surface area (Å²) in [6.07, 6.45) is 4.16. The summed E-state index contributed by atoms with van der Waals surface area (Å²) in [4.78, 5) is 0. The maximum Gasteiger partial charge on any atom is 0.111 e. The van der Waals surface area contributed by atoms with Gasteiger partial charge in [0.15, 0.2) is 0 Å². The third kappa shape index (κ3) is 1.08. The lowest BCUT2D eigenvalue weighted by atomic mass is 10.3. The SMILES string of the molecule is C/C=C/[C@H]1O[C@@H]1CO. The summed E-state index contributed by atoms with van der Waals surface area (Å²) in [6, 6.07) is 0. The molecular formula is C6H10O2. The predicted octanol–water partition coefficient (Wildman–Crippen LogP) is 0.322. The topological polar surface area (TPSA) is 32.8 Å². The van der Waals surface area contributed by atoms with Gasteiger partial charge in [0.25, 0.3) is 0 Å². The van der Waals surface area contributed by atoms with E-state index in [2.05, 4.69) is 0 Å². The molecule has 1 fully saturated rings. The Morgan fingerprint density at radius 2 is 2.50 bits per heavy atom. The molecular weight excluding hydrogens is 104 g/mol. The van der Waals surface area contributed by atoms with Crippen LogP contribution in [0, 0.1) is 0 Å². The van der Waals surface area contributed by atoms with Gasteiger partial charge in [-0.05, 0) is 6.92 Å². The van der Waals surface area contributed by atoms with Crippen LogP contribution in [-0.4, -0.2) is 23.9 Å². The second-order valence-corrected chi connectivity index (χ2v) is 1.85. The summed E-state index contributed by atoms with van der Waals surface area (Å²) in [5, 5.41) is 8.44. The number of rotatable bonds is 2. The lowest BCUT2D eigenvalue weighted by Crippen LogP contribution is -1.95. The lowest BCUT2D eigenvalue weighted by molar-refractivity contribution is 0.243. The molecule has 0 radical (unpaired) electrons. The molecule has 1 N–H and O–H groups in total. The third-order valence-electron chi connectivity index (χ3n) is 1.18. The van der Waals surface area contributed by atoms with E-state index in [9.17, 15) is 0 Å². The Labute approximate surface area is 48.8 Å². The van der Waals surface area contributed by atoms with Gasteiger partial charge in [-0.2, -0.15) is 0 Å². The van der Waals surface area contributed by atoms with E-state index in [4.69, 9.17) is 9.84 Å². The van der Waals surface area contributed by atoms with Gasteiger partial charge in [-0.1, -0.05) is 12.2 Å². The molecule has 2 atom stereocenters. The Balaban J connectivity index is 2.17. The molecule has 1 rings (SSSR count). The van der Waals surface area contributed by atoms with Crippen molar-refractivity contribution in [3.63, 3.8) is 0 Å². The van der Waals surface area contributed by atoms with E-state index >= 15 is 0 Å². The highest BCUT2D eigenvalue weighted by atomic mass is 16.6. The standard InChI is InChI=1S/C6H10O2/c1-2-3-5-6(4-7)8-5/h2-3,5-7H,4H2,1H3/b3-2+/t5-,6-/m1/s1. The molecule has 1 aliphatic heterocycles. The molecule has 0 aromatic carbocycles. The minimum atomic E-state index is 0.0891. The first-order chi connectivity index (χ1) is 3.88. The molecule has 1 aliphatic rings. The molecule has 0 unspecified atom stereocenters. The van der Waals surface area contributed by atoms with Crippen molar-refractivity contribution in [1.82, 2.24) is 0 Å². The average molecular weight is 114 g/mol. The highest BCUT2D eigenvalue weighted by Gasteiger charge is 2.34.